The van der Waals surface area contributed by atoms with E-state index in [4.69, 9.17) is 0 Å². The maximum atomic E-state index is 11.7. The molecule has 0 aromatic rings. The van der Waals surface area contributed by atoms with Crippen molar-refractivity contribution < 1.29 is 4.79 Å². The molecule has 4 nitrogen and oxygen atoms in total. The van der Waals surface area contributed by atoms with Crippen molar-refractivity contribution in [1.82, 2.24) is 15.5 Å². The molecule has 0 aromatic heterocycles. The number of hydrogen-bond donors (Lipinski definition) is 2. The average Bonchev–Trinajstić information content (AvgIpc) is 2.57. The van der Waals surface area contributed by atoms with Gasteiger partial charge in [-0.05, 0) is 46.6 Å². The Kier molecular flexibility index (Phi) is 3.97. The highest BCUT2D eigenvalue weighted by Crippen LogP contribution is 2.34. The van der Waals surface area contributed by atoms with Crippen LogP contribution in [-0.4, -0.2) is 49.6 Å². The first-order valence-electron chi connectivity index (χ1n) is 7.11. The molecule has 2 unspecified atom stereocenters. The van der Waals surface area contributed by atoms with Crippen LogP contribution >= 0.6 is 0 Å². The lowest BCUT2D eigenvalue weighted by Gasteiger charge is -2.38. The highest BCUT2D eigenvalue weighted by molar-refractivity contribution is 5.81. The minimum absolute atomic E-state index is 0.117. The van der Waals surface area contributed by atoms with Crippen LogP contribution in [0.3, 0.4) is 0 Å². The Morgan fingerprint density at radius 2 is 1.83 bits per heavy atom. The fourth-order valence-electron chi connectivity index (χ4n) is 3.40. The van der Waals surface area contributed by atoms with Gasteiger partial charge in [0.1, 0.15) is 0 Å². The number of amides is 1. The van der Waals surface area contributed by atoms with Crippen molar-refractivity contribution in [3.63, 3.8) is 0 Å². The molecule has 18 heavy (non-hydrogen) atoms. The molecule has 2 aliphatic heterocycles. The summed E-state index contributed by atoms with van der Waals surface area (Å²) in [6.45, 7) is 4.77. The van der Waals surface area contributed by atoms with Crippen LogP contribution in [0, 0.1) is 5.41 Å². The van der Waals surface area contributed by atoms with Crippen molar-refractivity contribution in [2.75, 3.05) is 20.6 Å². The normalized spacial score (nSPS) is 32.6. The summed E-state index contributed by atoms with van der Waals surface area (Å²) in [6.07, 6.45) is 5.16. The van der Waals surface area contributed by atoms with Crippen LogP contribution in [0.15, 0.2) is 0 Å². The van der Waals surface area contributed by atoms with Crippen LogP contribution in [0.1, 0.15) is 39.5 Å². The van der Waals surface area contributed by atoms with E-state index in [0.29, 0.717) is 6.04 Å². The Labute approximate surface area is 110 Å². The molecule has 2 atom stereocenters. The van der Waals surface area contributed by atoms with E-state index < -0.39 is 0 Å². The van der Waals surface area contributed by atoms with Crippen molar-refractivity contribution in [2.45, 2.75) is 57.7 Å². The first kappa shape index (κ1) is 13.8. The minimum Gasteiger partial charge on any atom is -0.359 e. The molecular weight excluding hydrogens is 226 g/mol. The zero-order valence-corrected chi connectivity index (χ0v) is 12.1. The lowest BCUT2D eigenvalue weighted by molar-refractivity contribution is -0.128. The summed E-state index contributed by atoms with van der Waals surface area (Å²) in [7, 11) is 3.97. The van der Waals surface area contributed by atoms with Gasteiger partial charge >= 0.3 is 0 Å². The van der Waals surface area contributed by atoms with Gasteiger partial charge in [0, 0.05) is 31.7 Å². The van der Waals surface area contributed by atoms with Crippen LogP contribution in [0.2, 0.25) is 0 Å². The van der Waals surface area contributed by atoms with Crippen LogP contribution < -0.4 is 10.6 Å². The van der Waals surface area contributed by atoms with Crippen LogP contribution in [0.5, 0.6) is 0 Å². The van der Waals surface area contributed by atoms with E-state index in [1.165, 1.54) is 25.7 Å². The Balaban J connectivity index is 1.83. The molecule has 2 heterocycles. The van der Waals surface area contributed by atoms with Crippen molar-refractivity contribution >= 4 is 5.91 Å². The highest BCUT2D eigenvalue weighted by atomic mass is 16.2. The lowest BCUT2D eigenvalue weighted by atomic mass is 9.90. The number of nitrogens with zero attached hydrogens (tertiary/aromatic N) is 1. The monoisotopic (exact) mass is 253 g/mol. The fourth-order valence-corrected chi connectivity index (χ4v) is 3.40. The second-order valence-electron chi connectivity index (χ2n) is 6.56. The molecule has 4 heteroatoms. The number of nitrogens with one attached hydrogen (secondary N) is 2. The third-order valence-electron chi connectivity index (χ3n) is 4.77. The van der Waals surface area contributed by atoms with E-state index in [9.17, 15) is 4.79 Å². The molecule has 0 saturated carbocycles. The molecule has 2 saturated heterocycles. The summed E-state index contributed by atoms with van der Waals surface area (Å²) in [4.78, 5) is 14.3. The van der Waals surface area contributed by atoms with Gasteiger partial charge in [0.25, 0.3) is 0 Å². The second-order valence-corrected chi connectivity index (χ2v) is 6.56. The molecule has 0 spiro atoms. The van der Waals surface area contributed by atoms with Gasteiger partial charge in [-0.1, -0.05) is 0 Å². The van der Waals surface area contributed by atoms with Gasteiger partial charge in [-0.2, -0.15) is 0 Å². The van der Waals surface area contributed by atoms with Crippen molar-refractivity contribution in [2.24, 2.45) is 5.41 Å². The predicted octanol–water partition coefficient (Wildman–Crippen LogP) is 0.973. The molecule has 1 amide bonds. The van der Waals surface area contributed by atoms with E-state index in [2.05, 4.69) is 22.6 Å². The smallest absolute Gasteiger partial charge is 0.226 e. The van der Waals surface area contributed by atoms with Gasteiger partial charge in [0.15, 0.2) is 0 Å². The summed E-state index contributed by atoms with van der Waals surface area (Å²) in [6, 6.07) is 2.09. The summed E-state index contributed by atoms with van der Waals surface area (Å²) in [5, 5.41) is 6.35. The second kappa shape index (κ2) is 5.17. The molecule has 2 N–H and O–H groups in total. The van der Waals surface area contributed by atoms with Crippen LogP contribution in [0.25, 0.3) is 0 Å². The third-order valence-corrected chi connectivity index (χ3v) is 4.77. The summed E-state index contributed by atoms with van der Waals surface area (Å²) < 4.78 is 0. The number of piperidine rings is 1. The largest absolute Gasteiger partial charge is 0.359 e. The van der Waals surface area contributed by atoms with E-state index in [-0.39, 0.29) is 11.3 Å². The average molecular weight is 253 g/mol. The van der Waals surface area contributed by atoms with E-state index in [1.54, 1.807) is 7.05 Å². The lowest BCUT2D eigenvalue weighted by Crippen LogP contribution is -2.51. The maximum Gasteiger partial charge on any atom is 0.226 e. The SMILES string of the molecule is CNC(=O)C(C)(C)CNC1CC2CCC(C1)N2C. The molecular formula is C14H27N3O. The van der Waals surface area contributed by atoms with Gasteiger partial charge in [-0.3, -0.25) is 4.79 Å². The molecule has 2 fully saturated rings. The summed E-state index contributed by atoms with van der Waals surface area (Å²) >= 11 is 0. The van der Waals surface area contributed by atoms with Gasteiger partial charge in [-0.25, -0.2) is 0 Å². The van der Waals surface area contributed by atoms with Crippen LogP contribution in [0.4, 0.5) is 0 Å². The molecule has 0 radical (unpaired) electrons. The maximum absolute atomic E-state index is 11.7. The van der Waals surface area contributed by atoms with E-state index >= 15 is 0 Å². The fraction of sp³-hybridized carbons (Fsp3) is 0.929. The number of rotatable bonds is 4. The number of hydrogen-bond acceptors (Lipinski definition) is 3. The van der Waals surface area contributed by atoms with Crippen molar-refractivity contribution in [1.29, 1.82) is 0 Å². The molecule has 2 aliphatic rings. The van der Waals surface area contributed by atoms with Gasteiger partial charge in [0.2, 0.25) is 5.91 Å². The minimum atomic E-state index is -0.322. The Hall–Kier alpha value is -0.610. The topological polar surface area (TPSA) is 44.4 Å². The Morgan fingerprint density at radius 1 is 1.28 bits per heavy atom. The third kappa shape index (κ3) is 2.69. The number of fused-ring (bicyclic) bond motifs is 2. The van der Waals surface area contributed by atoms with Gasteiger partial charge in [-0.15, -0.1) is 0 Å². The zero-order valence-electron chi connectivity index (χ0n) is 12.1. The Bertz CT molecular complexity index is 302. The quantitative estimate of drug-likeness (QED) is 0.785. The standard InChI is InChI=1S/C14H27N3O/c1-14(2,13(18)15-3)9-16-10-7-11-5-6-12(8-10)17(11)4/h10-12,16H,5-9H2,1-4H3,(H,15,18). The van der Waals surface area contributed by atoms with E-state index in [1.807, 2.05) is 13.8 Å². The number of carbonyl (C=O) groups is 1. The first-order chi connectivity index (χ1) is 8.44. The summed E-state index contributed by atoms with van der Waals surface area (Å²) in [5.41, 5.74) is -0.322. The molecule has 0 aromatic carbocycles. The van der Waals surface area contributed by atoms with E-state index in [0.717, 1.165) is 18.6 Å². The van der Waals surface area contributed by atoms with Crippen molar-refractivity contribution in [3.8, 4) is 0 Å². The molecule has 2 rings (SSSR count). The molecule has 104 valence electrons. The molecule has 2 bridgehead atoms. The summed E-state index contributed by atoms with van der Waals surface area (Å²) in [5.74, 6) is 0.117. The van der Waals surface area contributed by atoms with Gasteiger partial charge in [0.05, 0.1) is 5.41 Å². The Morgan fingerprint density at radius 3 is 2.33 bits per heavy atom. The zero-order chi connectivity index (χ0) is 13.3. The number of carbonyl (C=O) groups excluding carboxylic acids is 1. The predicted molar refractivity (Wildman–Crippen MR) is 73.4 cm³/mol. The van der Waals surface area contributed by atoms with Crippen molar-refractivity contribution in [3.05, 3.63) is 0 Å². The molecule has 0 aliphatic carbocycles. The first-order valence-corrected chi connectivity index (χ1v) is 7.11. The highest BCUT2D eigenvalue weighted by Gasteiger charge is 2.39. The van der Waals surface area contributed by atoms with Gasteiger partial charge < -0.3 is 15.5 Å². The van der Waals surface area contributed by atoms with Crippen LogP contribution in [-0.2, 0) is 4.79 Å².